The van der Waals surface area contributed by atoms with Gasteiger partial charge in [-0.1, -0.05) is 12.1 Å². The number of nitrogens with one attached hydrogen (secondary N) is 3. The van der Waals surface area contributed by atoms with E-state index in [1.807, 2.05) is 0 Å². The number of amides is 2. The van der Waals surface area contributed by atoms with Crippen molar-refractivity contribution in [3.63, 3.8) is 0 Å². The number of aromatic amines is 1. The molecule has 2 rings (SSSR count). The molecule has 0 radical (unpaired) electrons. The highest BCUT2D eigenvalue weighted by molar-refractivity contribution is 5.93. The number of benzene rings is 1. The van der Waals surface area contributed by atoms with Crippen LogP contribution in [-0.2, 0) is 11.2 Å². The van der Waals surface area contributed by atoms with Gasteiger partial charge in [-0.05, 0) is 29.8 Å². The highest BCUT2D eigenvalue weighted by atomic mass is 19.1. The van der Waals surface area contributed by atoms with Crippen LogP contribution in [0.25, 0.3) is 0 Å². The molecule has 5 nitrogen and oxygen atoms in total. The Bertz CT molecular complexity index is 581. The molecular weight excluding hydrogens is 249 g/mol. The second-order valence-electron chi connectivity index (χ2n) is 3.89. The van der Waals surface area contributed by atoms with E-state index < -0.39 is 17.6 Å². The molecule has 1 aromatic carbocycles. The Labute approximate surface area is 108 Å². The predicted octanol–water partition coefficient (Wildman–Crippen LogP) is 1.16. The van der Waals surface area contributed by atoms with E-state index in [1.54, 1.807) is 24.4 Å². The van der Waals surface area contributed by atoms with Crippen molar-refractivity contribution < 1.29 is 14.0 Å². The Kier molecular flexibility index (Phi) is 3.92. The summed E-state index contributed by atoms with van der Waals surface area (Å²) in [5.74, 6) is -1.27. The zero-order valence-electron chi connectivity index (χ0n) is 9.94. The van der Waals surface area contributed by atoms with Crippen LogP contribution in [0.5, 0.6) is 0 Å². The minimum atomic E-state index is -0.447. The molecule has 0 aliphatic rings. The summed E-state index contributed by atoms with van der Waals surface area (Å²) >= 11 is 0. The van der Waals surface area contributed by atoms with E-state index >= 15 is 0 Å². The lowest BCUT2D eigenvalue weighted by Crippen LogP contribution is -2.42. The first kappa shape index (κ1) is 12.8. The van der Waals surface area contributed by atoms with Gasteiger partial charge >= 0.3 is 0 Å². The van der Waals surface area contributed by atoms with Crippen LogP contribution in [-0.4, -0.2) is 16.8 Å². The SMILES string of the molecule is O=C(Cc1cccc(F)c1)NNC(=O)c1ccc[nH]1. The summed E-state index contributed by atoms with van der Waals surface area (Å²) in [6, 6.07) is 8.98. The lowest BCUT2D eigenvalue weighted by Gasteiger charge is -2.06. The van der Waals surface area contributed by atoms with Gasteiger partial charge in [0.15, 0.2) is 0 Å². The van der Waals surface area contributed by atoms with Crippen LogP contribution in [0, 0.1) is 5.82 Å². The maximum Gasteiger partial charge on any atom is 0.286 e. The molecule has 2 amide bonds. The molecule has 0 spiro atoms. The van der Waals surface area contributed by atoms with Crippen LogP contribution in [0.4, 0.5) is 4.39 Å². The summed E-state index contributed by atoms with van der Waals surface area (Å²) in [4.78, 5) is 25.7. The second kappa shape index (κ2) is 5.81. The molecule has 0 fully saturated rings. The summed E-state index contributed by atoms with van der Waals surface area (Å²) in [6.07, 6.45) is 1.59. The number of carbonyl (C=O) groups is 2. The minimum Gasteiger partial charge on any atom is -0.357 e. The van der Waals surface area contributed by atoms with Crippen molar-refractivity contribution in [2.45, 2.75) is 6.42 Å². The third-order valence-corrected chi connectivity index (χ3v) is 2.41. The summed E-state index contributed by atoms with van der Waals surface area (Å²) in [7, 11) is 0. The van der Waals surface area contributed by atoms with E-state index in [9.17, 15) is 14.0 Å². The summed E-state index contributed by atoms with van der Waals surface area (Å²) in [5.41, 5.74) is 5.39. The van der Waals surface area contributed by atoms with Crippen molar-refractivity contribution in [3.05, 3.63) is 59.7 Å². The molecule has 0 aliphatic heterocycles. The standard InChI is InChI=1S/C13H12FN3O2/c14-10-4-1-3-9(7-10)8-12(18)16-17-13(19)11-5-2-6-15-11/h1-7,15H,8H2,(H,16,18)(H,17,19). The van der Waals surface area contributed by atoms with Crippen molar-refractivity contribution in [1.29, 1.82) is 0 Å². The fourth-order valence-corrected chi connectivity index (χ4v) is 1.54. The molecular formula is C13H12FN3O2. The second-order valence-corrected chi connectivity index (χ2v) is 3.89. The van der Waals surface area contributed by atoms with Gasteiger partial charge in [0.05, 0.1) is 6.42 Å². The van der Waals surface area contributed by atoms with Crippen molar-refractivity contribution in [3.8, 4) is 0 Å². The molecule has 0 saturated carbocycles. The number of carbonyl (C=O) groups excluding carboxylic acids is 2. The summed E-state index contributed by atoms with van der Waals surface area (Å²) in [5, 5.41) is 0. The summed E-state index contributed by atoms with van der Waals surface area (Å²) < 4.78 is 12.9. The smallest absolute Gasteiger partial charge is 0.286 e. The Morgan fingerprint density at radius 3 is 2.68 bits per heavy atom. The predicted molar refractivity (Wildman–Crippen MR) is 66.5 cm³/mol. The van der Waals surface area contributed by atoms with E-state index in [1.165, 1.54) is 18.2 Å². The first-order valence-electron chi connectivity index (χ1n) is 5.62. The van der Waals surface area contributed by atoms with Crippen LogP contribution in [0.2, 0.25) is 0 Å². The first-order valence-corrected chi connectivity index (χ1v) is 5.62. The van der Waals surface area contributed by atoms with Gasteiger partial charge in [-0.2, -0.15) is 0 Å². The van der Waals surface area contributed by atoms with Crippen LogP contribution < -0.4 is 10.9 Å². The Morgan fingerprint density at radius 1 is 1.16 bits per heavy atom. The van der Waals surface area contributed by atoms with Crippen molar-refractivity contribution in [2.24, 2.45) is 0 Å². The fraction of sp³-hybridized carbons (Fsp3) is 0.0769. The van der Waals surface area contributed by atoms with E-state index in [0.29, 0.717) is 11.3 Å². The molecule has 98 valence electrons. The molecule has 0 saturated heterocycles. The van der Waals surface area contributed by atoms with Gasteiger partial charge in [-0.25, -0.2) is 4.39 Å². The number of halogens is 1. The highest BCUT2D eigenvalue weighted by Crippen LogP contribution is 2.03. The van der Waals surface area contributed by atoms with Crippen LogP contribution in [0.15, 0.2) is 42.6 Å². The van der Waals surface area contributed by atoms with Crippen molar-refractivity contribution >= 4 is 11.8 Å². The van der Waals surface area contributed by atoms with Crippen molar-refractivity contribution in [1.82, 2.24) is 15.8 Å². The van der Waals surface area contributed by atoms with Crippen LogP contribution in [0.3, 0.4) is 0 Å². The minimum absolute atomic E-state index is 0.0111. The van der Waals surface area contributed by atoms with Crippen molar-refractivity contribution in [2.75, 3.05) is 0 Å². The third-order valence-electron chi connectivity index (χ3n) is 2.41. The Morgan fingerprint density at radius 2 is 2.00 bits per heavy atom. The molecule has 6 heteroatoms. The normalized spacial score (nSPS) is 9.95. The number of aromatic nitrogens is 1. The van der Waals surface area contributed by atoms with Gasteiger partial charge in [-0.3, -0.25) is 20.4 Å². The fourth-order valence-electron chi connectivity index (χ4n) is 1.54. The molecule has 0 bridgehead atoms. The van der Waals surface area contributed by atoms with E-state index in [-0.39, 0.29) is 6.42 Å². The van der Waals surface area contributed by atoms with Gasteiger partial charge < -0.3 is 4.98 Å². The number of rotatable bonds is 3. The first-order chi connectivity index (χ1) is 9.15. The number of hydrogen-bond acceptors (Lipinski definition) is 2. The van der Waals surface area contributed by atoms with Gasteiger partial charge in [0, 0.05) is 6.20 Å². The maximum atomic E-state index is 12.9. The summed E-state index contributed by atoms with van der Waals surface area (Å²) in [6.45, 7) is 0. The average molecular weight is 261 g/mol. The topological polar surface area (TPSA) is 74.0 Å². The third kappa shape index (κ3) is 3.67. The zero-order valence-corrected chi connectivity index (χ0v) is 9.94. The molecule has 2 aromatic rings. The monoisotopic (exact) mass is 261 g/mol. The molecule has 0 unspecified atom stereocenters. The van der Waals surface area contributed by atoms with Crippen LogP contribution >= 0.6 is 0 Å². The highest BCUT2D eigenvalue weighted by Gasteiger charge is 2.08. The molecule has 1 aromatic heterocycles. The van der Waals surface area contributed by atoms with Gasteiger partial charge in [0.25, 0.3) is 5.91 Å². The van der Waals surface area contributed by atoms with E-state index in [2.05, 4.69) is 15.8 Å². The number of H-pyrrole nitrogens is 1. The Balaban J connectivity index is 1.83. The molecule has 0 aliphatic carbocycles. The average Bonchev–Trinajstić information content (AvgIpc) is 2.90. The van der Waals surface area contributed by atoms with E-state index in [0.717, 1.165) is 0 Å². The van der Waals surface area contributed by atoms with Gasteiger partial charge in [0.1, 0.15) is 11.5 Å². The lowest BCUT2D eigenvalue weighted by molar-refractivity contribution is -0.121. The molecule has 0 atom stereocenters. The van der Waals surface area contributed by atoms with Gasteiger partial charge in [-0.15, -0.1) is 0 Å². The number of hydrazine groups is 1. The molecule has 3 N–H and O–H groups in total. The largest absolute Gasteiger partial charge is 0.357 e. The van der Waals surface area contributed by atoms with E-state index in [4.69, 9.17) is 0 Å². The van der Waals surface area contributed by atoms with Gasteiger partial charge in [0.2, 0.25) is 5.91 Å². The zero-order chi connectivity index (χ0) is 13.7. The Hall–Kier alpha value is -2.63. The lowest BCUT2D eigenvalue weighted by atomic mass is 10.1. The maximum absolute atomic E-state index is 12.9. The molecule has 19 heavy (non-hydrogen) atoms. The van der Waals surface area contributed by atoms with Crippen LogP contribution in [0.1, 0.15) is 16.1 Å². The number of hydrogen-bond donors (Lipinski definition) is 3. The molecule has 1 heterocycles. The quantitative estimate of drug-likeness (QED) is 0.725.